The van der Waals surface area contributed by atoms with Crippen molar-refractivity contribution in [1.82, 2.24) is 29.6 Å². The van der Waals surface area contributed by atoms with Crippen molar-refractivity contribution in [3.63, 3.8) is 0 Å². The van der Waals surface area contributed by atoms with Crippen LogP contribution in [-0.4, -0.2) is 83.2 Å². The van der Waals surface area contributed by atoms with Gasteiger partial charge in [-0.25, -0.2) is 14.8 Å². The second kappa shape index (κ2) is 12.8. The van der Waals surface area contributed by atoms with Crippen LogP contribution in [0.15, 0.2) is 24.7 Å². The number of nitrogens with one attached hydrogen (secondary N) is 1. The van der Waals surface area contributed by atoms with Crippen LogP contribution >= 0.6 is 0 Å². The van der Waals surface area contributed by atoms with E-state index in [0.29, 0.717) is 16.2 Å². The van der Waals surface area contributed by atoms with E-state index in [2.05, 4.69) is 20.3 Å². The molecule has 3 aromatic rings. The molecule has 226 valence electrons. The number of hydrogen-bond donors (Lipinski definition) is 1. The van der Waals surface area contributed by atoms with Crippen LogP contribution in [0.25, 0.3) is 16.9 Å². The van der Waals surface area contributed by atoms with Gasteiger partial charge in [-0.15, -0.1) is 0 Å². The van der Waals surface area contributed by atoms with E-state index in [-0.39, 0.29) is 29.5 Å². The number of rotatable bonds is 11. The van der Waals surface area contributed by atoms with Gasteiger partial charge in [0.15, 0.2) is 6.04 Å². The Kier molecular flexibility index (Phi) is 9.89. The van der Waals surface area contributed by atoms with Gasteiger partial charge in [-0.2, -0.15) is 26.3 Å². The highest BCUT2D eigenvalue weighted by Gasteiger charge is 2.48. The van der Waals surface area contributed by atoms with Gasteiger partial charge in [-0.05, 0) is 26.3 Å². The van der Waals surface area contributed by atoms with Gasteiger partial charge in [0, 0.05) is 38.0 Å². The third-order valence-electron chi connectivity index (χ3n) is 6.08. The molecule has 1 N–H and O–H groups in total. The van der Waals surface area contributed by atoms with Crippen molar-refractivity contribution < 1.29 is 45.3 Å². The number of halogens is 6. The van der Waals surface area contributed by atoms with Crippen LogP contribution in [-0.2, 0) is 4.74 Å². The third kappa shape index (κ3) is 7.68. The summed E-state index contributed by atoms with van der Waals surface area (Å²) in [6, 6.07) is -3.86. The largest absolute Gasteiger partial charge is 0.494 e. The quantitative estimate of drug-likeness (QED) is 0.309. The van der Waals surface area contributed by atoms with Gasteiger partial charge in [-0.3, -0.25) is 4.98 Å². The number of ether oxygens (including phenoxy) is 3. The number of amides is 2. The molecule has 1 unspecified atom stereocenters. The first-order chi connectivity index (χ1) is 19.2. The predicted molar refractivity (Wildman–Crippen MR) is 135 cm³/mol. The summed E-state index contributed by atoms with van der Waals surface area (Å²) >= 11 is 0. The molecular weight excluding hydrogens is 562 g/mol. The van der Waals surface area contributed by atoms with Crippen LogP contribution in [0.4, 0.5) is 31.1 Å². The minimum atomic E-state index is -5.01. The highest BCUT2D eigenvalue weighted by atomic mass is 19.4. The Labute approximate surface area is 231 Å². The molecule has 0 radical (unpaired) electrons. The van der Waals surface area contributed by atoms with E-state index >= 15 is 0 Å². The average molecular weight is 593 g/mol. The van der Waals surface area contributed by atoms with Gasteiger partial charge in [0.25, 0.3) is 5.88 Å². The second-order valence-corrected chi connectivity index (χ2v) is 9.04. The number of imidazole rings is 1. The molecule has 0 saturated heterocycles. The maximum atomic E-state index is 14.5. The number of pyridine rings is 1. The summed E-state index contributed by atoms with van der Waals surface area (Å²) in [4.78, 5) is 26.1. The smallest absolute Gasteiger partial charge is 0.414 e. The molecule has 10 nitrogen and oxygen atoms in total. The van der Waals surface area contributed by atoms with Crippen LogP contribution in [0.1, 0.15) is 37.2 Å². The van der Waals surface area contributed by atoms with Crippen molar-refractivity contribution in [1.29, 1.82) is 0 Å². The first-order valence-corrected chi connectivity index (χ1v) is 12.4. The first kappa shape index (κ1) is 31.7. The van der Waals surface area contributed by atoms with Crippen molar-refractivity contribution in [2.75, 3.05) is 34.5 Å². The number of aromatic nitrogens is 4. The van der Waals surface area contributed by atoms with Crippen molar-refractivity contribution in [2.45, 2.75) is 51.1 Å². The summed E-state index contributed by atoms with van der Waals surface area (Å²) in [5.41, 5.74) is 0.769. The van der Waals surface area contributed by atoms with E-state index in [1.54, 1.807) is 17.5 Å². The number of aryl methyl sites for hydroxylation is 1. The molecule has 0 bridgehead atoms. The van der Waals surface area contributed by atoms with Crippen LogP contribution in [0, 0.1) is 6.92 Å². The lowest BCUT2D eigenvalue weighted by Crippen LogP contribution is -2.51. The Morgan fingerprint density at radius 3 is 2.37 bits per heavy atom. The first-order valence-electron chi connectivity index (χ1n) is 12.4. The van der Waals surface area contributed by atoms with E-state index in [4.69, 9.17) is 14.2 Å². The van der Waals surface area contributed by atoms with Gasteiger partial charge < -0.3 is 28.8 Å². The molecule has 0 aliphatic carbocycles. The van der Waals surface area contributed by atoms with E-state index in [0.717, 1.165) is 12.3 Å². The van der Waals surface area contributed by atoms with Gasteiger partial charge in [-0.1, -0.05) is 0 Å². The maximum Gasteiger partial charge on any atom is 0.414 e. The number of urea groups is 1. The van der Waals surface area contributed by atoms with Crippen LogP contribution in [0.3, 0.4) is 0 Å². The summed E-state index contributed by atoms with van der Waals surface area (Å²) in [7, 11) is 3.88. The van der Waals surface area contributed by atoms with E-state index < -0.39 is 55.5 Å². The van der Waals surface area contributed by atoms with Gasteiger partial charge in [0.1, 0.15) is 5.75 Å². The fourth-order valence-electron chi connectivity index (χ4n) is 4.27. The Bertz CT molecular complexity index is 1350. The Balaban J connectivity index is 2.05. The molecule has 3 rings (SSSR count). The van der Waals surface area contributed by atoms with Gasteiger partial charge >= 0.3 is 18.4 Å². The average Bonchev–Trinajstić information content (AvgIpc) is 3.28. The molecule has 16 heteroatoms. The van der Waals surface area contributed by atoms with Crippen molar-refractivity contribution in [2.24, 2.45) is 0 Å². The summed E-state index contributed by atoms with van der Waals surface area (Å²) in [5.74, 6) is 0.209. The zero-order valence-electron chi connectivity index (χ0n) is 22.9. The summed E-state index contributed by atoms with van der Waals surface area (Å²) in [6.07, 6.45) is -7.08. The number of methoxy groups -OCH3 is 3. The fourth-order valence-corrected chi connectivity index (χ4v) is 4.27. The molecular formula is C25H30F6N6O4. The Morgan fingerprint density at radius 1 is 1.10 bits per heavy atom. The Morgan fingerprint density at radius 2 is 1.80 bits per heavy atom. The summed E-state index contributed by atoms with van der Waals surface area (Å²) < 4.78 is 98.9. The van der Waals surface area contributed by atoms with Crippen LogP contribution < -0.4 is 14.8 Å². The molecule has 0 spiro atoms. The normalized spacial score (nSPS) is 13.6. The van der Waals surface area contributed by atoms with Gasteiger partial charge in [0.2, 0.25) is 5.65 Å². The Hall–Kier alpha value is -3.82. The molecule has 0 fully saturated rings. The lowest BCUT2D eigenvalue weighted by atomic mass is 10.1. The van der Waals surface area contributed by atoms with Crippen LogP contribution in [0.5, 0.6) is 11.6 Å². The minimum absolute atomic E-state index is 0.0974. The third-order valence-corrected chi connectivity index (χ3v) is 6.08. The second-order valence-electron chi connectivity index (χ2n) is 9.04. The lowest BCUT2D eigenvalue weighted by Gasteiger charge is -2.33. The SMILES string of the molecule is CCN(C(=O)NC(CCC(F)(F)F)COC)[C@@H](c1cc(-c2cn3cc(C)nc3c(OC)n2)c(OC)cn1)C(F)(F)F. The molecule has 0 aliphatic rings. The molecule has 2 atom stereocenters. The zero-order chi connectivity index (χ0) is 30.5. The maximum absolute atomic E-state index is 14.5. The minimum Gasteiger partial charge on any atom is -0.494 e. The molecule has 3 heterocycles. The number of fused-ring (bicyclic) bond motifs is 1. The highest BCUT2D eigenvalue weighted by Crippen LogP contribution is 2.40. The van der Waals surface area contributed by atoms with E-state index in [9.17, 15) is 31.1 Å². The monoisotopic (exact) mass is 592 g/mol. The standard InChI is InChI=1S/C25H30F6N6O4/c1-6-37(23(38)34-15(13-39-3)7-8-24(26,27)28)20(25(29,30)31)17-9-16(19(40-4)10-32-17)18-12-36-11-14(2)33-21(36)22(35-18)41-5/h9-12,15,20H,6-8,13H2,1-5H3,(H,34,38)/t15?,20-/m0/s1. The highest BCUT2D eigenvalue weighted by molar-refractivity contribution is 5.75. The van der Waals surface area contributed by atoms with Crippen molar-refractivity contribution in [3.8, 4) is 22.9 Å². The lowest BCUT2D eigenvalue weighted by molar-refractivity contribution is -0.179. The number of hydrogen-bond acceptors (Lipinski definition) is 7. The molecule has 0 aromatic carbocycles. The summed E-state index contributed by atoms with van der Waals surface area (Å²) in [5, 5.41) is 2.24. The molecule has 0 aliphatic heterocycles. The summed E-state index contributed by atoms with van der Waals surface area (Å²) in [6.45, 7) is 2.29. The topological polar surface area (TPSA) is 103 Å². The number of carbonyl (C=O) groups is 1. The number of nitrogens with zero attached hydrogens (tertiary/aromatic N) is 5. The van der Waals surface area contributed by atoms with Crippen molar-refractivity contribution in [3.05, 3.63) is 36.0 Å². The molecule has 2 amide bonds. The predicted octanol–water partition coefficient (Wildman–Crippen LogP) is 5.11. The number of alkyl halides is 6. The fraction of sp³-hybridized carbons (Fsp3) is 0.520. The zero-order valence-corrected chi connectivity index (χ0v) is 22.9. The van der Waals surface area contributed by atoms with E-state index in [1.807, 2.05) is 0 Å². The van der Waals surface area contributed by atoms with Crippen molar-refractivity contribution >= 4 is 11.7 Å². The van der Waals surface area contributed by atoms with Gasteiger partial charge in [0.05, 0.1) is 50.1 Å². The van der Waals surface area contributed by atoms with E-state index in [1.165, 1.54) is 34.4 Å². The number of carbonyl (C=O) groups excluding carboxylic acids is 1. The van der Waals surface area contributed by atoms with Crippen LogP contribution in [0.2, 0.25) is 0 Å². The molecule has 0 saturated carbocycles. The molecule has 3 aromatic heterocycles. The molecule has 41 heavy (non-hydrogen) atoms.